The minimum Gasteiger partial charge on any atom is -0.469 e. The van der Waals surface area contributed by atoms with Crippen LogP contribution in [0.4, 0.5) is 0 Å². The van der Waals surface area contributed by atoms with Gasteiger partial charge in [-0.15, -0.1) is 0 Å². The lowest BCUT2D eigenvalue weighted by molar-refractivity contribution is -0.148. The second-order valence-corrected chi connectivity index (χ2v) is 3.59. The molecule has 0 saturated carbocycles. The Morgan fingerprint density at radius 3 is 2.85 bits per heavy atom. The molecule has 0 bridgehead atoms. The zero-order chi connectivity index (χ0) is 9.84. The summed E-state index contributed by atoms with van der Waals surface area (Å²) in [5, 5.41) is 13.4. The Morgan fingerprint density at radius 1 is 1.69 bits per heavy atom. The number of carbonyl (C=O) groups excluding carboxylic acids is 1. The molecule has 13 heavy (non-hydrogen) atoms. The van der Waals surface area contributed by atoms with Gasteiger partial charge in [0, 0.05) is 0 Å². The predicted molar refractivity (Wildman–Crippen MR) is 50.5 cm³/mol. The molecular formula is C9H12O3S. The fourth-order valence-electron chi connectivity index (χ4n) is 1.05. The summed E-state index contributed by atoms with van der Waals surface area (Å²) >= 11 is 1.49. The highest BCUT2D eigenvalue weighted by atomic mass is 32.1. The summed E-state index contributed by atoms with van der Waals surface area (Å²) in [6, 6.07) is 1.80. The third-order valence-corrected chi connectivity index (χ3v) is 2.63. The van der Waals surface area contributed by atoms with E-state index < -0.39 is 18.0 Å². The Bertz CT molecular complexity index is 268. The average molecular weight is 200 g/mol. The van der Waals surface area contributed by atoms with E-state index in [-0.39, 0.29) is 0 Å². The van der Waals surface area contributed by atoms with Crippen LogP contribution in [-0.4, -0.2) is 18.2 Å². The molecule has 0 aliphatic rings. The molecule has 1 heterocycles. The van der Waals surface area contributed by atoms with Crippen LogP contribution in [0.1, 0.15) is 18.6 Å². The summed E-state index contributed by atoms with van der Waals surface area (Å²) in [6.45, 7) is 1.65. The summed E-state index contributed by atoms with van der Waals surface area (Å²) in [5.41, 5.74) is 0.767. The average Bonchev–Trinajstić information content (AvgIpc) is 2.67. The van der Waals surface area contributed by atoms with Gasteiger partial charge in [-0.3, -0.25) is 4.79 Å². The van der Waals surface area contributed by atoms with Crippen LogP contribution >= 0.6 is 11.3 Å². The van der Waals surface area contributed by atoms with Crippen molar-refractivity contribution in [3.63, 3.8) is 0 Å². The maximum atomic E-state index is 11.1. The van der Waals surface area contributed by atoms with E-state index in [4.69, 9.17) is 0 Å². The third kappa shape index (κ3) is 2.29. The number of hydrogen-bond donors (Lipinski definition) is 1. The van der Waals surface area contributed by atoms with Crippen molar-refractivity contribution in [1.82, 2.24) is 0 Å². The molecular weight excluding hydrogens is 188 g/mol. The second-order valence-electron chi connectivity index (χ2n) is 2.81. The lowest BCUT2D eigenvalue weighted by Crippen LogP contribution is -2.20. The van der Waals surface area contributed by atoms with E-state index in [1.165, 1.54) is 18.4 Å². The van der Waals surface area contributed by atoms with Gasteiger partial charge in [0.15, 0.2) is 0 Å². The summed E-state index contributed by atoms with van der Waals surface area (Å²) in [5.74, 6) is -0.904. The Hall–Kier alpha value is -0.870. The molecule has 0 aliphatic heterocycles. The monoisotopic (exact) mass is 200 g/mol. The largest absolute Gasteiger partial charge is 0.469 e. The van der Waals surface area contributed by atoms with E-state index in [1.807, 2.05) is 10.8 Å². The minimum atomic E-state index is -0.765. The first kappa shape index (κ1) is 10.2. The lowest BCUT2D eigenvalue weighted by Gasteiger charge is -2.14. The maximum Gasteiger partial charge on any atom is 0.311 e. The second kappa shape index (κ2) is 4.39. The molecule has 0 radical (unpaired) electrons. The van der Waals surface area contributed by atoms with Crippen LogP contribution < -0.4 is 0 Å². The van der Waals surface area contributed by atoms with Gasteiger partial charge in [-0.1, -0.05) is 0 Å². The van der Waals surface area contributed by atoms with Crippen molar-refractivity contribution >= 4 is 17.3 Å². The van der Waals surface area contributed by atoms with Gasteiger partial charge >= 0.3 is 5.97 Å². The molecule has 1 aromatic rings. The highest BCUT2D eigenvalue weighted by Gasteiger charge is 2.24. The molecule has 1 N–H and O–H groups in total. The summed E-state index contributed by atoms with van der Waals surface area (Å²) in [7, 11) is 1.32. The van der Waals surface area contributed by atoms with E-state index in [1.54, 1.807) is 13.0 Å². The number of carbonyl (C=O) groups is 1. The van der Waals surface area contributed by atoms with E-state index in [2.05, 4.69) is 4.74 Å². The molecule has 72 valence electrons. The molecule has 0 amide bonds. The molecule has 0 aromatic carbocycles. The highest BCUT2D eigenvalue weighted by Crippen LogP contribution is 2.24. The summed E-state index contributed by atoms with van der Waals surface area (Å²) < 4.78 is 4.54. The summed E-state index contributed by atoms with van der Waals surface area (Å²) in [4.78, 5) is 11.1. The van der Waals surface area contributed by atoms with E-state index in [0.29, 0.717) is 0 Å². The van der Waals surface area contributed by atoms with Gasteiger partial charge in [-0.25, -0.2) is 0 Å². The first-order chi connectivity index (χ1) is 6.16. The Labute approximate surface area is 81.0 Å². The third-order valence-electron chi connectivity index (χ3n) is 1.93. The van der Waals surface area contributed by atoms with Gasteiger partial charge < -0.3 is 9.84 Å². The Morgan fingerprint density at radius 2 is 2.38 bits per heavy atom. The number of methoxy groups -OCH3 is 1. The maximum absolute atomic E-state index is 11.1. The normalized spacial score (nSPS) is 15.0. The SMILES string of the molecule is COC(=O)[C@@H](C)[C@H](O)c1ccsc1. The van der Waals surface area contributed by atoms with Crippen LogP contribution in [0.5, 0.6) is 0 Å². The van der Waals surface area contributed by atoms with Crippen LogP contribution in [0.25, 0.3) is 0 Å². The van der Waals surface area contributed by atoms with Gasteiger partial charge in [-0.2, -0.15) is 11.3 Å². The van der Waals surface area contributed by atoms with Crippen molar-refractivity contribution in [2.24, 2.45) is 5.92 Å². The quantitative estimate of drug-likeness (QED) is 0.754. The first-order valence-corrected chi connectivity index (χ1v) is 4.89. The molecule has 1 rings (SSSR count). The van der Waals surface area contributed by atoms with E-state index in [0.717, 1.165) is 5.56 Å². The molecule has 0 aliphatic carbocycles. The number of aliphatic hydroxyl groups is 1. The molecule has 0 fully saturated rings. The fourth-order valence-corrected chi connectivity index (χ4v) is 1.74. The van der Waals surface area contributed by atoms with Crippen molar-refractivity contribution < 1.29 is 14.6 Å². The number of aliphatic hydroxyl groups excluding tert-OH is 1. The molecule has 0 saturated heterocycles. The standard InChI is InChI=1S/C9H12O3S/c1-6(9(11)12-2)8(10)7-3-4-13-5-7/h3-6,8,10H,1-2H3/t6-,8-/m0/s1. The topological polar surface area (TPSA) is 46.5 Å². The minimum absolute atomic E-state index is 0.390. The van der Waals surface area contributed by atoms with Crippen molar-refractivity contribution in [1.29, 1.82) is 0 Å². The van der Waals surface area contributed by atoms with Gasteiger partial charge in [0.05, 0.1) is 19.1 Å². The number of ether oxygens (including phenoxy) is 1. The van der Waals surface area contributed by atoms with Crippen LogP contribution in [0.15, 0.2) is 16.8 Å². The van der Waals surface area contributed by atoms with Crippen LogP contribution in [0.3, 0.4) is 0 Å². The van der Waals surface area contributed by atoms with Crippen molar-refractivity contribution in [3.8, 4) is 0 Å². The Balaban J connectivity index is 2.68. The van der Waals surface area contributed by atoms with Gasteiger partial charge in [0.25, 0.3) is 0 Å². The number of rotatable bonds is 3. The van der Waals surface area contributed by atoms with Crippen molar-refractivity contribution in [2.45, 2.75) is 13.0 Å². The van der Waals surface area contributed by atoms with Gasteiger partial charge in [0.1, 0.15) is 0 Å². The highest BCUT2D eigenvalue weighted by molar-refractivity contribution is 7.07. The van der Waals surface area contributed by atoms with E-state index >= 15 is 0 Å². The van der Waals surface area contributed by atoms with Crippen molar-refractivity contribution in [3.05, 3.63) is 22.4 Å². The molecule has 0 spiro atoms. The summed E-state index contributed by atoms with van der Waals surface area (Å²) in [6.07, 6.45) is -0.765. The molecule has 0 unspecified atom stereocenters. The molecule has 4 heteroatoms. The Kier molecular flexibility index (Phi) is 3.45. The zero-order valence-electron chi connectivity index (χ0n) is 7.56. The van der Waals surface area contributed by atoms with Gasteiger partial charge in [0.2, 0.25) is 0 Å². The van der Waals surface area contributed by atoms with Crippen LogP contribution in [-0.2, 0) is 9.53 Å². The molecule has 3 nitrogen and oxygen atoms in total. The van der Waals surface area contributed by atoms with Gasteiger partial charge in [-0.05, 0) is 29.3 Å². The number of thiophene rings is 1. The fraction of sp³-hybridized carbons (Fsp3) is 0.444. The zero-order valence-corrected chi connectivity index (χ0v) is 8.38. The predicted octanol–water partition coefficient (Wildman–Crippen LogP) is 1.59. The molecule has 2 atom stereocenters. The smallest absolute Gasteiger partial charge is 0.311 e. The van der Waals surface area contributed by atoms with Crippen LogP contribution in [0.2, 0.25) is 0 Å². The van der Waals surface area contributed by atoms with Crippen molar-refractivity contribution in [2.75, 3.05) is 7.11 Å². The van der Waals surface area contributed by atoms with E-state index in [9.17, 15) is 9.90 Å². The number of esters is 1. The first-order valence-electron chi connectivity index (χ1n) is 3.94. The van der Waals surface area contributed by atoms with Crippen LogP contribution in [0, 0.1) is 5.92 Å². The molecule has 1 aromatic heterocycles. The lowest BCUT2D eigenvalue weighted by atomic mass is 10.0. The number of hydrogen-bond acceptors (Lipinski definition) is 4.